The van der Waals surface area contributed by atoms with Gasteiger partial charge in [-0.05, 0) is 12.5 Å². The lowest BCUT2D eigenvalue weighted by Crippen LogP contribution is -1.98. The number of anilines is 2. The van der Waals surface area contributed by atoms with Gasteiger partial charge in [0, 0.05) is 31.7 Å². The zero-order valence-corrected chi connectivity index (χ0v) is 8.10. The Bertz CT molecular complexity index is 417. The molecule has 0 fully saturated rings. The summed E-state index contributed by atoms with van der Waals surface area (Å²) in [4.78, 5) is 8.22. The second kappa shape index (κ2) is 3.45. The van der Waals surface area contributed by atoms with E-state index in [0.717, 1.165) is 11.4 Å². The molecular weight excluding hydrogens is 178 g/mol. The minimum absolute atomic E-state index is 0.564. The highest BCUT2D eigenvalue weighted by Gasteiger charge is 1.98. The number of nitrogens with zero attached hydrogens (tertiary/aromatic N) is 4. The molecule has 0 aromatic carbocycles. The van der Waals surface area contributed by atoms with Gasteiger partial charge >= 0.3 is 0 Å². The Morgan fingerprint density at radius 3 is 2.57 bits per heavy atom. The SMILES string of the molecule is Cc1cnc(Nc2ccn(C)n2)nc1. The maximum atomic E-state index is 4.15. The van der Waals surface area contributed by atoms with Crippen LogP contribution in [0.3, 0.4) is 0 Å². The Hall–Kier alpha value is -1.91. The van der Waals surface area contributed by atoms with Crippen molar-refractivity contribution >= 4 is 11.8 Å². The summed E-state index contributed by atoms with van der Waals surface area (Å²) >= 11 is 0. The summed E-state index contributed by atoms with van der Waals surface area (Å²) in [6.07, 6.45) is 5.38. The Balaban J connectivity index is 2.15. The van der Waals surface area contributed by atoms with E-state index in [1.807, 2.05) is 26.2 Å². The van der Waals surface area contributed by atoms with E-state index in [2.05, 4.69) is 20.4 Å². The maximum absolute atomic E-state index is 4.15. The highest BCUT2D eigenvalue weighted by molar-refractivity contribution is 5.46. The topological polar surface area (TPSA) is 55.6 Å². The van der Waals surface area contributed by atoms with Crippen LogP contribution in [0.2, 0.25) is 0 Å². The van der Waals surface area contributed by atoms with E-state index in [9.17, 15) is 0 Å². The van der Waals surface area contributed by atoms with E-state index >= 15 is 0 Å². The highest BCUT2D eigenvalue weighted by atomic mass is 15.3. The monoisotopic (exact) mass is 189 g/mol. The summed E-state index contributed by atoms with van der Waals surface area (Å²) < 4.78 is 1.72. The molecule has 2 rings (SSSR count). The van der Waals surface area contributed by atoms with Gasteiger partial charge < -0.3 is 5.32 Å². The first-order chi connectivity index (χ1) is 6.74. The Morgan fingerprint density at radius 1 is 1.29 bits per heavy atom. The molecule has 0 atom stereocenters. The van der Waals surface area contributed by atoms with Crippen LogP contribution in [0.4, 0.5) is 11.8 Å². The van der Waals surface area contributed by atoms with Crippen molar-refractivity contribution in [1.29, 1.82) is 0 Å². The van der Waals surface area contributed by atoms with Crippen LogP contribution in [0.5, 0.6) is 0 Å². The van der Waals surface area contributed by atoms with Crippen LogP contribution in [0.15, 0.2) is 24.7 Å². The lowest BCUT2D eigenvalue weighted by Gasteiger charge is -1.99. The van der Waals surface area contributed by atoms with Crippen LogP contribution < -0.4 is 5.32 Å². The van der Waals surface area contributed by atoms with Gasteiger partial charge in [-0.1, -0.05) is 0 Å². The molecule has 2 heterocycles. The third kappa shape index (κ3) is 1.87. The summed E-state index contributed by atoms with van der Waals surface area (Å²) in [6.45, 7) is 1.95. The number of rotatable bonds is 2. The fourth-order valence-electron chi connectivity index (χ4n) is 1.05. The molecule has 5 heteroatoms. The zero-order valence-electron chi connectivity index (χ0n) is 8.10. The number of hydrogen-bond acceptors (Lipinski definition) is 4. The summed E-state index contributed by atoms with van der Waals surface area (Å²) in [7, 11) is 1.86. The summed E-state index contributed by atoms with van der Waals surface area (Å²) in [5.41, 5.74) is 1.04. The van der Waals surface area contributed by atoms with Gasteiger partial charge in [0.05, 0.1) is 0 Å². The van der Waals surface area contributed by atoms with Crippen LogP contribution in [0.1, 0.15) is 5.56 Å². The third-order valence-electron chi connectivity index (χ3n) is 1.73. The molecule has 0 aliphatic heterocycles. The van der Waals surface area contributed by atoms with E-state index in [1.165, 1.54) is 0 Å². The molecule has 0 saturated carbocycles. The summed E-state index contributed by atoms with van der Waals surface area (Å²) in [5.74, 6) is 1.31. The van der Waals surface area contributed by atoms with Gasteiger partial charge in [0.25, 0.3) is 0 Å². The standard InChI is InChI=1S/C9H11N5/c1-7-5-10-9(11-6-7)12-8-3-4-14(2)13-8/h3-6H,1-2H3,(H,10,11,12,13). The van der Waals surface area contributed by atoms with Crippen molar-refractivity contribution in [2.45, 2.75) is 6.92 Å². The smallest absolute Gasteiger partial charge is 0.228 e. The normalized spacial score (nSPS) is 10.1. The van der Waals surface area contributed by atoms with Crippen LogP contribution in [-0.4, -0.2) is 19.7 Å². The molecule has 1 N–H and O–H groups in total. The first-order valence-electron chi connectivity index (χ1n) is 4.29. The molecular formula is C9H11N5. The van der Waals surface area contributed by atoms with Gasteiger partial charge in [-0.2, -0.15) is 5.10 Å². The molecule has 72 valence electrons. The average Bonchev–Trinajstić information content (AvgIpc) is 2.56. The van der Waals surface area contributed by atoms with Gasteiger partial charge in [-0.15, -0.1) is 0 Å². The van der Waals surface area contributed by atoms with Crippen molar-refractivity contribution in [2.75, 3.05) is 5.32 Å². The summed E-state index contributed by atoms with van der Waals surface area (Å²) in [5, 5.41) is 7.15. The molecule has 2 aromatic rings. The number of aryl methyl sites for hydroxylation is 2. The molecule has 0 aliphatic carbocycles. The quantitative estimate of drug-likeness (QED) is 0.772. The zero-order chi connectivity index (χ0) is 9.97. The largest absolute Gasteiger partial charge is 0.307 e. The molecule has 0 spiro atoms. The van der Waals surface area contributed by atoms with Crippen molar-refractivity contribution in [1.82, 2.24) is 19.7 Å². The van der Waals surface area contributed by atoms with Crippen molar-refractivity contribution in [3.63, 3.8) is 0 Å². The van der Waals surface area contributed by atoms with Crippen molar-refractivity contribution in [3.05, 3.63) is 30.2 Å². The Kier molecular flexibility index (Phi) is 2.14. The van der Waals surface area contributed by atoms with E-state index in [-0.39, 0.29) is 0 Å². The Labute approximate surface area is 81.8 Å². The molecule has 0 saturated heterocycles. The number of nitrogens with one attached hydrogen (secondary N) is 1. The lowest BCUT2D eigenvalue weighted by atomic mass is 10.4. The fourth-order valence-corrected chi connectivity index (χ4v) is 1.05. The van der Waals surface area contributed by atoms with Gasteiger partial charge in [-0.3, -0.25) is 4.68 Å². The number of aromatic nitrogens is 4. The molecule has 0 unspecified atom stereocenters. The van der Waals surface area contributed by atoms with Crippen molar-refractivity contribution in [2.24, 2.45) is 7.05 Å². The highest BCUT2D eigenvalue weighted by Crippen LogP contribution is 2.08. The average molecular weight is 189 g/mol. The molecule has 5 nitrogen and oxygen atoms in total. The van der Waals surface area contributed by atoms with Crippen molar-refractivity contribution in [3.8, 4) is 0 Å². The van der Waals surface area contributed by atoms with Crippen LogP contribution in [0.25, 0.3) is 0 Å². The molecule has 0 amide bonds. The van der Waals surface area contributed by atoms with E-state index in [1.54, 1.807) is 17.1 Å². The van der Waals surface area contributed by atoms with E-state index in [4.69, 9.17) is 0 Å². The maximum Gasteiger partial charge on any atom is 0.228 e. The molecule has 2 aromatic heterocycles. The third-order valence-corrected chi connectivity index (χ3v) is 1.73. The number of hydrogen-bond donors (Lipinski definition) is 1. The van der Waals surface area contributed by atoms with Crippen LogP contribution in [-0.2, 0) is 7.05 Å². The van der Waals surface area contributed by atoms with Gasteiger partial charge in [0.2, 0.25) is 5.95 Å². The minimum atomic E-state index is 0.564. The lowest BCUT2D eigenvalue weighted by molar-refractivity contribution is 0.770. The summed E-state index contributed by atoms with van der Waals surface area (Å²) in [6, 6.07) is 1.86. The van der Waals surface area contributed by atoms with Crippen molar-refractivity contribution < 1.29 is 0 Å². The molecule has 14 heavy (non-hydrogen) atoms. The van der Waals surface area contributed by atoms with Gasteiger partial charge in [-0.25, -0.2) is 9.97 Å². The minimum Gasteiger partial charge on any atom is -0.307 e. The molecule has 0 radical (unpaired) electrons. The predicted molar refractivity (Wildman–Crippen MR) is 53.3 cm³/mol. The molecule has 0 aliphatic rings. The van der Waals surface area contributed by atoms with Gasteiger partial charge in [0.1, 0.15) is 0 Å². The Morgan fingerprint density at radius 2 is 2.00 bits per heavy atom. The van der Waals surface area contributed by atoms with Crippen LogP contribution in [0, 0.1) is 6.92 Å². The first-order valence-corrected chi connectivity index (χ1v) is 4.29. The van der Waals surface area contributed by atoms with E-state index < -0.39 is 0 Å². The molecule has 0 bridgehead atoms. The fraction of sp³-hybridized carbons (Fsp3) is 0.222. The van der Waals surface area contributed by atoms with Crippen LogP contribution >= 0.6 is 0 Å². The van der Waals surface area contributed by atoms with E-state index in [0.29, 0.717) is 5.95 Å². The predicted octanol–water partition coefficient (Wildman–Crippen LogP) is 1.26. The second-order valence-electron chi connectivity index (χ2n) is 3.08. The first kappa shape index (κ1) is 8.68. The van der Waals surface area contributed by atoms with Gasteiger partial charge in [0.15, 0.2) is 5.82 Å². The second-order valence-corrected chi connectivity index (χ2v) is 3.08.